The molecule has 2 saturated heterocycles. The summed E-state index contributed by atoms with van der Waals surface area (Å²) in [6, 6.07) is -0.291. The van der Waals surface area contributed by atoms with E-state index in [2.05, 4.69) is 0 Å². The summed E-state index contributed by atoms with van der Waals surface area (Å²) in [4.78, 5) is 11.6. The minimum Gasteiger partial charge on any atom is -0.462 e. The molecule has 2 aliphatic heterocycles. The fourth-order valence-corrected chi connectivity index (χ4v) is 2.08. The monoisotopic (exact) mass is 217 g/mol. The Bertz CT molecular complexity index is 267. The highest BCUT2D eigenvalue weighted by Crippen LogP contribution is 2.42. The summed E-state index contributed by atoms with van der Waals surface area (Å²) >= 11 is 0. The van der Waals surface area contributed by atoms with Crippen molar-refractivity contribution in [3.05, 3.63) is 0 Å². The zero-order valence-corrected chi connectivity index (χ0v) is 8.51. The van der Waals surface area contributed by atoms with Crippen molar-refractivity contribution in [3.63, 3.8) is 0 Å². The van der Waals surface area contributed by atoms with Gasteiger partial charge in [0.15, 0.2) is 0 Å². The molecule has 2 fully saturated rings. The van der Waals surface area contributed by atoms with E-state index in [0.717, 1.165) is 0 Å². The van der Waals surface area contributed by atoms with E-state index >= 15 is 0 Å². The molecule has 4 unspecified atom stereocenters. The largest absolute Gasteiger partial charge is 0.462 e. The maximum absolute atomic E-state index is 11.6. The molecule has 2 bridgehead atoms. The lowest BCUT2D eigenvalue weighted by molar-refractivity contribution is -0.208. The van der Waals surface area contributed by atoms with Gasteiger partial charge in [-0.2, -0.15) is 0 Å². The summed E-state index contributed by atoms with van der Waals surface area (Å²) in [7, 11) is 0. The molecule has 0 amide bonds. The van der Waals surface area contributed by atoms with E-state index < -0.39 is 24.0 Å². The Morgan fingerprint density at radius 1 is 1.67 bits per heavy atom. The molecule has 4 atom stereocenters. The van der Waals surface area contributed by atoms with Crippen molar-refractivity contribution in [2.45, 2.75) is 37.4 Å². The van der Waals surface area contributed by atoms with Gasteiger partial charge >= 0.3 is 5.97 Å². The summed E-state index contributed by atoms with van der Waals surface area (Å²) in [6.07, 6.45) is -0.662. The molecular formula is C9H15NO5. The Hall–Kier alpha value is -0.690. The molecule has 0 spiro atoms. The first kappa shape index (κ1) is 10.8. The van der Waals surface area contributed by atoms with Gasteiger partial charge in [0.25, 0.3) is 5.79 Å². The van der Waals surface area contributed by atoms with E-state index in [1.165, 1.54) is 0 Å². The SMILES string of the molecule is CCOC(=O)C12CC(N)C(O1)C(CO)O2. The maximum atomic E-state index is 11.6. The van der Waals surface area contributed by atoms with Crippen molar-refractivity contribution >= 4 is 5.97 Å². The minimum atomic E-state index is -1.38. The number of aliphatic hydroxyl groups excluding tert-OH is 1. The first-order chi connectivity index (χ1) is 7.13. The molecule has 2 heterocycles. The lowest BCUT2D eigenvalue weighted by Crippen LogP contribution is -2.49. The van der Waals surface area contributed by atoms with Crippen LogP contribution in [0, 0.1) is 0 Å². The third-order valence-corrected chi connectivity index (χ3v) is 2.73. The molecule has 6 nitrogen and oxygen atoms in total. The van der Waals surface area contributed by atoms with Crippen LogP contribution in [0.2, 0.25) is 0 Å². The van der Waals surface area contributed by atoms with Gasteiger partial charge in [-0.05, 0) is 6.92 Å². The van der Waals surface area contributed by atoms with Crippen molar-refractivity contribution in [2.24, 2.45) is 5.73 Å². The molecule has 0 radical (unpaired) electrons. The maximum Gasteiger partial charge on any atom is 0.366 e. The summed E-state index contributed by atoms with van der Waals surface area (Å²) < 4.78 is 15.6. The van der Waals surface area contributed by atoms with Crippen molar-refractivity contribution in [1.82, 2.24) is 0 Å². The lowest BCUT2D eigenvalue weighted by atomic mass is 9.99. The van der Waals surface area contributed by atoms with E-state index in [1.54, 1.807) is 6.92 Å². The van der Waals surface area contributed by atoms with E-state index in [-0.39, 0.29) is 25.7 Å². The van der Waals surface area contributed by atoms with Crippen LogP contribution < -0.4 is 5.73 Å². The van der Waals surface area contributed by atoms with E-state index in [0.29, 0.717) is 0 Å². The summed E-state index contributed by atoms with van der Waals surface area (Å²) in [5.74, 6) is -1.94. The highest BCUT2D eigenvalue weighted by atomic mass is 16.8. The minimum absolute atomic E-state index is 0.209. The molecule has 6 heteroatoms. The second-order valence-corrected chi connectivity index (χ2v) is 3.76. The zero-order valence-electron chi connectivity index (χ0n) is 8.51. The highest BCUT2D eigenvalue weighted by molar-refractivity contribution is 5.79. The molecule has 2 rings (SSSR count). The Kier molecular flexibility index (Phi) is 2.68. The Morgan fingerprint density at radius 2 is 2.40 bits per heavy atom. The van der Waals surface area contributed by atoms with Crippen LogP contribution in [0.15, 0.2) is 0 Å². The van der Waals surface area contributed by atoms with Gasteiger partial charge < -0.3 is 25.1 Å². The van der Waals surface area contributed by atoms with Crippen LogP contribution in [0.5, 0.6) is 0 Å². The average molecular weight is 217 g/mol. The first-order valence-electron chi connectivity index (χ1n) is 5.02. The van der Waals surface area contributed by atoms with Gasteiger partial charge in [0.1, 0.15) is 12.2 Å². The number of nitrogens with two attached hydrogens (primary N) is 1. The third-order valence-electron chi connectivity index (χ3n) is 2.73. The molecule has 0 aromatic carbocycles. The van der Waals surface area contributed by atoms with Crippen LogP contribution in [0.4, 0.5) is 0 Å². The standard InChI is InChI=1S/C9H15NO5/c1-2-13-8(12)9-3-5(10)7(15-9)6(4-11)14-9/h5-7,11H,2-4,10H2,1H3. The normalized spacial score (nSPS) is 43.3. The zero-order chi connectivity index (χ0) is 11.1. The number of esters is 1. The molecule has 0 saturated carbocycles. The fourth-order valence-electron chi connectivity index (χ4n) is 2.08. The van der Waals surface area contributed by atoms with Gasteiger partial charge in [-0.3, -0.25) is 0 Å². The molecule has 0 aromatic rings. The van der Waals surface area contributed by atoms with Gasteiger partial charge in [0.05, 0.1) is 13.2 Å². The van der Waals surface area contributed by atoms with Crippen molar-refractivity contribution in [2.75, 3.05) is 13.2 Å². The number of ether oxygens (including phenoxy) is 3. The summed E-state index contributed by atoms with van der Waals surface area (Å²) in [6.45, 7) is 1.76. The molecule has 86 valence electrons. The topological polar surface area (TPSA) is 91.0 Å². The predicted molar refractivity (Wildman–Crippen MR) is 48.8 cm³/mol. The van der Waals surface area contributed by atoms with E-state index in [4.69, 9.17) is 25.1 Å². The molecular weight excluding hydrogens is 202 g/mol. The average Bonchev–Trinajstić information content (AvgIpc) is 2.73. The predicted octanol–water partition coefficient (Wildman–Crippen LogP) is -1.25. The number of fused-ring (bicyclic) bond motifs is 2. The molecule has 2 aliphatic rings. The molecule has 15 heavy (non-hydrogen) atoms. The summed E-state index contributed by atoms with van der Waals surface area (Å²) in [5, 5.41) is 9.02. The molecule has 3 N–H and O–H groups in total. The number of hydrogen-bond donors (Lipinski definition) is 2. The van der Waals surface area contributed by atoms with Gasteiger partial charge in [-0.25, -0.2) is 4.79 Å². The first-order valence-corrected chi connectivity index (χ1v) is 5.02. The van der Waals surface area contributed by atoms with Crippen LogP contribution in [-0.2, 0) is 19.0 Å². The second kappa shape index (κ2) is 3.71. The van der Waals surface area contributed by atoms with Gasteiger partial charge in [-0.1, -0.05) is 0 Å². The smallest absolute Gasteiger partial charge is 0.366 e. The number of carbonyl (C=O) groups is 1. The third kappa shape index (κ3) is 1.53. The second-order valence-electron chi connectivity index (χ2n) is 3.76. The molecule has 0 aromatic heterocycles. The van der Waals surface area contributed by atoms with Crippen molar-refractivity contribution in [3.8, 4) is 0 Å². The lowest BCUT2D eigenvalue weighted by Gasteiger charge is -2.27. The van der Waals surface area contributed by atoms with Crippen LogP contribution >= 0.6 is 0 Å². The van der Waals surface area contributed by atoms with E-state index in [1.807, 2.05) is 0 Å². The van der Waals surface area contributed by atoms with Crippen LogP contribution in [-0.4, -0.2) is 48.3 Å². The van der Waals surface area contributed by atoms with Crippen molar-refractivity contribution in [1.29, 1.82) is 0 Å². The number of hydrogen-bond acceptors (Lipinski definition) is 6. The van der Waals surface area contributed by atoms with E-state index in [9.17, 15) is 4.79 Å². The Balaban J connectivity index is 2.13. The Labute approximate surface area is 87.3 Å². The van der Waals surface area contributed by atoms with Gasteiger partial charge in [0, 0.05) is 12.5 Å². The fraction of sp³-hybridized carbons (Fsp3) is 0.889. The van der Waals surface area contributed by atoms with Crippen LogP contribution in [0.25, 0.3) is 0 Å². The Morgan fingerprint density at radius 3 is 2.93 bits per heavy atom. The van der Waals surface area contributed by atoms with Gasteiger partial charge in [-0.15, -0.1) is 0 Å². The number of aliphatic hydroxyl groups is 1. The summed E-state index contributed by atoms with van der Waals surface area (Å²) in [5.41, 5.74) is 5.78. The highest BCUT2D eigenvalue weighted by Gasteiger charge is 2.62. The van der Waals surface area contributed by atoms with Crippen molar-refractivity contribution < 1.29 is 24.1 Å². The van der Waals surface area contributed by atoms with Crippen LogP contribution in [0.3, 0.4) is 0 Å². The number of carbonyl (C=O) groups excluding carboxylic acids is 1. The number of rotatable bonds is 3. The molecule has 0 aliphatic carbocycles. The van der Waals surface area contributed by atoms with Crippen LogP contribution in [0.1, 0.15) is 13.3 Å². The quantitative estimate of drug-likeness (QED) is 0.574. The van der Waals surface area contributed by atoms with Gasteiger partial charge in [0.2, 0.25) is 0 Å².